The smallest absolute Gasteiger partial charge is 0.353 e. The predicted octanol–water partition coefficient (Wildman–Crippen LogP) is 3.18. The van der Waals surface area contributed by atoms with E-state index in [9.17, 15) is 28.1 Å². The molecule has 12 heteroatoms. The summed E-state index contributed by atoms with van der Waals surface area (Å²) in [6.45, 7) is 3.31. The van der Waals surface area contributed by atoms with Crippen molar-refractivity contribution in [2.45, 2.75) is 19.5 Å². The fraction of sp³-hybridized carbons (Fsp3) is 0.350. The van der Waals surface area contributed by atoms with Crippen molar-refractivity contribution in [3.8, 4) is 0 Å². The molecule has 0 radical (unpaired) electrons. The minimum Gasteiger partial charge on any atom is -0.353 e. The number of nitro groups is 1. The van der Waals surface area contributed by atoms with Crippen LogP contribution in [-0.2, 0) is 12.6 Å². The van der Waals surface area contributed by atoms with Crippen molar-refractivity contribution < 1.29 is 22.9 Å². The van der Waals surface area contributed by atoms with Gasteiger partial charge in [-0.15, -0.1) is 0 Å². The van der Waals surface area contributed by atoms with Crippen molar-refractivity contribution in [2.24, 2.45) is 0 Å². The second-order valence-corrected chi connectivity index (χ2v) is 7.32. The van der Waals surface area contributed by atoms with E-state index < -0.39 is 16.7 Å². The van der Waals surface area contributed by atoms with Gasteiger partial charge in [0.05, 0.1) is 16.2 Å². The van der Waals surface area contributed by atoms with E-state index in [0.29, 0.717) is 44.1 Å². The number of rotatable bonds is 4. The molecule has 1 saturated heterocycles. The average Bonchev–Trinajstić information content (AvgIpc) is 3.16. The van der Waals surface area contributed by atoms with Crippen LogP contribution in [0.4, 0.5) is 24.7 Å². The average molecular weight is 448 g/mol. The van der Waals surface area contributed by atoms with Crippen molar-refractivity contribution in [1.29, 1.82) is 0 Å². The Balaban J connectivity index is 1.55. The Labute approximate surface area is 180 Å². The van der Waals surface area contributed by atoms with E-state index in [1.165, 1.54) is 22.7 Å². The molecule has 4 heterocycles. The molecule has 0 bridgehead atoms. The van der Waals surface area contributed by atoms with Gasteiger partial charge in [0.25, 0.3) is 11.6 Å². The van der Waals surface area contributed by atoms with Crippen LogP contribution in [0.3, 0.4) is 0 Å². The molecule has 0 spiro atoms. The number of carbonyl (C=O) groups is 1. The minimum atomic E-state index is -4.53. The van der Waals surface area contributed by atoms with Crippen LogP contribution in [0.5, 0.6) is 0 Å². The van der Waals surface area contributed by atoms with Gasteiger partial charge in [0.15, 0.2) is 0 Å². The van der Waals surface area contributed by atoms with Crippen LogP contribution in [-0.4, -0.2) is 56.3 Å². The molecule has 0 saturated carbocycles. The number of anilines is 1. The summed E-state index contributed by atoms with van der Waals surface area (Å²) in [7, 11) is 0. The Morgan fingerprint density at radius 2 is 1.88 bits per heavy atom. The maximum Gasteiger partial charge on any atom is 0.417 e. The number of hydrogen-bond donors (Lipinski definition) is 0. The number of aryl methyl sites for hydroxylation is 1. The van der Waals surface area contributed by atoms with E-state index in [0.717, 1.165) is 12.3 Å². The molecule has 1 amide bonds. The van der Waals surface area contributed by atoms with Gasteiger partial charge in [0.1, 0.15) is 23.4 Å². The molecular formula is C20H19F3N6O3. The van der Waals surface area contributed by atoms with Gasteiger partial charge in [-0.1, -0.05) is 6.92 Å². The van der Waals surface area contributed by atoms with Crippen molar-refractivity contribution in [2.75, 3.05) is 31.1 Å². The third-order valence-corrected chi connectivity index (χ3v) is 5.39. The molecule has 32 heavy (non-hydrogen) atoms. The lowest BCUT2D eigenvalue weighted by atomic mass is 10.2. The molecule has 1 aliphatic heterocycles. The van der Waals surface area contributed by atoms with Crippen LogP contribution in [0.15, 0.2) is 36.7 Å². The second-order valence-electron chi connectivity index (χ2n) is 7.32. The van der Waals surface area contributed by atoms with E-state index in [-0.39, 0.29) is 22.9 Å². The third-order valence-electron chi connectivity index (χ3n) is 5.39. The quantitative estimate of drug-likeness (QED) is 0.449. The third kappa shape index (κ3) is 3.95. The lowest BCUT2D eigenvalue weighted by molar-refractivity contribution is -0.385. The molecule has 9 nitrogen and oxygen atoms in total. The van der Waals surface area contributed by atoms with E-state index in [1.807, 2.05) is 4.90 Å². The SMILES string of the molecule is CCc1nc2ccc(C(F)(F)F)cn2c1C(=O)N1CCN(c2ccc([N+](=O)[O-])cn2)CC1. The first-order chi connectivity index (χ1) is 15.2. The highest BCUT2D eigenvalue weighted by atomic mass is 19.4. The molecule has 3 aromatic rings. The van der Waals surface area contributed by atoms with Crippen molar-refractivity contribution in [3.05, 3.63) is 63.7 Å². The lowest BCUT2D eigenvalue weighted by Crippen LogP contribution is -2.49. The number of piperazine rings is 1. The summed E-state index contributed by atoms with van der Waals surface area (Å²) < 4.78 is 40.8. The maximum absolute atomic E-state index is 13.3. The molecule has 4 rings (SSSR count). The Morgan fingerprint density at radius 3 is 2.44 bits per heavy atom. The predicted molar refractivity (Wildman–Crippen MR) is 109 cm³/mol. The van der Waals surface area contributed by atoms with Gasteiger partial charge in [-0.2, -0.15) is 13.2 Å². The standard InChI is InChI=1S/C20H19F3N6O3/c1-2-15-18(28-12-13(20(21,22)23)3-5-17(28)25-15)19(30)27-9-7-26(8-10-27)16-6-4-14(11-24-16)29(31)32/h3-6,11-12H,2,7-10H2,1H3. The van der Waals surface area contributed by atoms with Crippen molar-refractivity contribution in [1.82, 2.24) is 19.3 Å². The zero-order valence-electron chi connectivity index (χ0n) is 17.0. The summed E-state index contributed by atoms with van der Waals surface area (Å²) in [4.78, 5) is 35.4. The van der Waals surface area contributed by atoms with E-state index in [4.69, 9.17) is 0 Å². The number of imidazole rings is 1. The van der Waals surface area contributed by atoms with Crippen LogP contribution in [0.2, 0.25) is 0 Å². The number of pyridine rings is 2. The highest BCUT2D eigenvalue weighted by molar-refractivity contribution is 5.95. The Hall–Kier alpha value is -3.70. The number of hydrogen-bond acceptors (Lipinski definition) is 6. The number of amides is 1. The van der Waals surface area contributed by atoms with E-state index >= 15 is 0 Å². The van der Waals surface area contributed by atoms with Crippen molar-refractivity contribution >= 4 is 23.1 Å². The van der Waals surface area contributed by atoms with Gasteiger partial charge >= 0.3 is 6.18 Å². The summed E-state index contributed by atoms with van der Waals surface area (Å²) in [6, 6.07) is 5.13. The van der Waals surface area contributed by atoms with Crippen LogP contribution >= 0.6 is 0 Å². The molecule has 0 aromatic carbocycles. The van der Waals surface area contributed by atoms with Crippen molar-refractivity contribution in [3.63, 3.8) is 0 Å². The number of alkyl halides is 3. The minimum absolute atomic E-state index is 0.111. The fourth-order valence-electron chi connectivity index (χ4n) is 3.70. The summed E-state index contributed by atoms with van der Waals surface area (Å²) in [5.74, 6) is 0.173. The highest BCUT2D eigenvalue weighted by Gasteiger charge is 2.33. The first-order valence-corrected chi connectivity index (χ1v) is 9.92. The fourth-order valence-corrected chi connectivity index (χ4v) is 3.70. The molecule has 1 fully saturated rings. The summed E-state index contributed by atoms with van der Waals surface area (Å²) in [6.07, 6.45) is -2.05. The highest BCUT2D eigenvalue weighted by Crippen LogP contribution is 2.30. The number of carbonyl (C=O) groups excluding carboxylic acids is 1. The van der Waals surface area contributed by atoms with Gasteiger partial charge in [0, 0.05) is 38.4 Å². The molecule has 0 atom stereocenters. The Bertz CT molecular complexity index is 1170. The maximum atomic E-state index is 13.3. The second kappa shape index (κ2) is 8.09. The monoisotopic (exact) mass is 448 g/mol. The van der Waals surface area contributed by atoms with Crippen LogP contribution in [0, 0.1) is 10.1 Å². The van der Waals surface area contributed by atoms with Crippen LogP contribution in [0.1, 0.15) is 28.7 Å². The van der Waals surface area contributed by atoms with Gasteiger partial charge < -0.3 is 9.80 Å². The normalized spacial score (nSPS) is 14.8. The molecule has 0 aliphatic carbocycles. The number of halogens is 3. The summed E-state index contributed by atoms with van der Waals surface area (Å²) >= 11 is 0. The number of fused-ring (bicyclic) bond motifs is 1. The molecule has 1 aliphatic rings. The summed E-state index contributed by atoms with van der Waals surface area (Å²) in [5.41, 5.74) is -0.107. The van der Waals surface area contributed by atoms with Crippen LogP contribution in [0.25, 0.3) is 5.65 Å². The first kappa shape index (κ1) is 21.5. The van der Waals surface area contributed by atoms with Gasteiger partial charge in [-0.05, 0) is 24.6 Å². The zero-order chi connectivity index (χ0) is 23.0. The Kier molecular flexibility index (Phi) is 5.45. The first-order valence-electron chi connectivity index (χ1n) is 9.92. The molecule has 0 N–H and O–H groups in total. The van der Waals surface area contributed by atoms with E-state index in [2.05, 4.69) is 9.97 Å². The Morgan fingerprint density at radius 1 is 1.16 bits per heavy atom. The lowest BCUT2D eigenvalue weighted by Gasteiger charge is -2.35. The largest absolute Gasteiger partial charge is 0.417 e. The van der Waals surface area contributed by atoms with Gasteiger partial charge in [-0.3, -0.25) is 19.3 Å². The number of aromatic nitrogens is 3. The molecular weight excluding hydrogens is 429 g/mol. The topological polar surface area (TPSA) is 96.9 Å². The molecule has 0 unspecified atom stereocenters. The van der Waals surface area contributed by atoms with Gasteiger partial charge in [-0.25, -0.2) is 9.97 Å². The van der Waals surface area contributed by atoms with Crippen LogP contribution < -0.4 is 4.90 Å². The zero-order valence-corrected chi connectivity index (χ0v) is 17.0. The number of nitrogens with zero attached hydrogens (tertiary/aromatic N) is 6. The van der Waals surface area contributed by atoms with Gasteiger partial charge in [0.2, 0.25) is 0 Å². The molecule has 3 aromatic heterocycles. The van der Waals surface area contributed by atoms with E-state index in [1.54, 1.807) is 17.9 Å². The summed E-state index contributed by atoms with van der Waals surface area (Å²) in [5, 5.41) is 10.8. The molecule has 168 valence electrons.